The monoisotopic (exact) mass is 254 g/mol. The number of hydrogen-bond donors (Lipinski definition) is 0. The quantitative estimate of drug-likeness (QED) is 0.333. The predicted octanol–water partition coefficient (Wildman–Crippen LogP) is 1.35. The van der Waals surface area contributed by atoms with Crippen molar-refractivity contribution in [1.29, 1.82) is 0 Å². The lowest BCUT2D eigenvalue weighted by molar-refractivity contribution is -0.153. The maximum Gasteiger partial charge on any atom is 0.324 e. The van der Waals surface area contributed by atoms with Gasteiger partial charge in [-0.25, -0.2) is 0 Å². The lowest BCUT2D eigenvalue weighted by atomic mass is 10.1. The summed E-state index contributed by atoms with van der Waals surface area (Å²) in [5.41, 5.74) is 0.781. The van der Waals surface area contributed by atoms with Gasteiger partial charge in [0.1, 0.15) is 12.9 Å². The van der Waals surface area contributed by atoms with Gasteiger partial charge >= 0.3 is 5.97 Å². The van der Waals surface area contributed by atoms with Gasteiger partial charge in [0.15, 0.2) is 11.7 Å². The molecule has 0 aliphatic rings. The van der Waals surface area contributed by atoms with Gasteiger partial charge in [-0.1, -0.05) is 30.3 Å². The van der Waals surface area contributed by atoms with Crippen molar-refractivity contribution < 1.29 is 19.1 Å². The Balaban J connectivity index is 2.54. The van der Waals surface area contributed by atoms with Crippen LogP contribution in [0.4, 0.5) is 0 Å². The molecule has 0 heterocycles. The first-order valence-corrected chi connectivity index (χ1v) is 5.47. The number of esters is 1. The Kier molecular flexibility index (Phi) is 5.36. The Morgan fingerprint density at radius 1 is 1.29 bits per heavy atom. The number of aldehydes is 1. The highest BCUT2D eigenvalue weighted by Gasteiger charge is 2.26. The molecule has 17 heavy (non-hydrogen) atoms. The largest absolute Gasteiger partial charge is 0.460 e. The Bertz CT molecular complexity index is 402. The Labute approximate surface area is 104 Å². The smallest absolute Gasteiger partial charge is 0.324 e. The molecule has 0 amide bonds. The SMILES string of the molecule is O=CC(C(=O)CCl)C(=O)OCc1ccccc1. The molecule has 4 nitrogen and oxygen atoms in total. The first-order chi connectivity index (χ1) is 8.19. The van der Waals surface area contributed by atoms with Crippen LogP contribution in [-0.2, 0) is 25.7 Å². The Morgan fingerprint density at radius 3 is 2.47 bits per heavy atom. The van der Waals surface area contributed by atoms with E-state index in [1.165, 1.54) is 0 Å². The first-order valence-electron chi connectivity index (χ1n) is 4.93. The van der Waals surface area contributed by atoms with Crippen LogP contribution in [0.2, 0.25) is 0 Å². The molecule has 0 aliphatic heterocycles. The molecule has 5 heteroatoms. The molecule has 0 aliphatic carbocycles. The van der Waals surface area contributed by atoms with E-state index in [1.54, 1.807) is 24.3 Å². The first kappa shape index (κ1) is 13.4. The molecule has 1 aromatic carbocycles. The van der Waals surface area contributed by atoms with Crippen molar-refractivity contribution in [3.05, 3.63) is 35.9 Å². The van der Waals surface area contributed by atoms with Gasteiger partial charge in [0.25, 0.3) is 0 Å². The van der Waals surface area contributed by atoms with E-state index in [0.29, 0.717) is 0 Å². The number of carbonyl (C=O) groups excluding carboxylic acids is 3. The summed E-state index contributed by atoms with van der Waals surface area (Å²) in [6, 6.07) is 8.96. The number of carbonyl (C=O) groups is 3. The van der Waals surface area contributed by atoms with E-state index in [4.69, 9.17) is 16.3 Å². The van der Waals surface area contributed by atoms with E-state index >= 15 is 0 Å². The van der Waals surface area contributed by atoms with Crippen molar-refractivity contribution in [2.24, 2.45) is 5.92 Å². The summed E-state index contributed by atoms with van der Waals surface area (Å²) < 4.78 is 4.85. The average molecular weight is 255 g/mol. The van der Waals surface area contributed by atoms with Crippen molar-refractivity contribution in [3.8, 4) is 0 Å². The third-order valence-corrected chi connectivity index (χ3v) is 2.36. The second kappa shape index (κ2) is 6.81. The summed E-state index contributed by atoms with van der Waals surface area (Å²) in [6.45, 7) is 0.0274. The summed E-state index contributed by atoms with van der Waals surface area (Å²) in [4.78, 5) is 33.1. The van der Waals surface area contributed by atoms with Crippen molar-refractivity contribution >= 4 is 29.6 Å². The molecule has 0 N–H and O–H groups in total. The van der Waals surface area contributed by atoms with Gasteiger partial charge in [-0.2, -0.15) is 0 Å². The summed E-state index contributed by atoms with van der Waals surface area (Å²) in [5.74, 6) is -3.32. The van der Waals surface area contributed by atoms with Gasteiger partial charge in [-0.3, -0.25) is 9.59 Å². The summed E-state index contributed by atoms with van der Waals surface area (Å²) in [5, 5.41) is 0. The van der Waals surface area contributed by atoms with Crippen molar-refractivity contribution in [2.75, 3.05) is 5.88 Å². The normalized spacial score (nSPS) is 11.6. The molecule has 0 saturated carbocycles. The molecule has 0 bridgehead atoms. The molecule has 0 radical (unpaired) electrons. The van der Waals surface area contributed by atoms with Gasteiger partial charge < -0.3 is 9.53 Å². The fourth-order valence-corrected chi connectivity index (χ4v) is 1.33. The Morgan fingerprint density at radius 2 is 1.94 bits per heavy atom. The number of Topliss-reactive ketones (excluding diaryl/α,β-unsaturated/α-hetero) is 1. The fourth-order valence-electron chi connectivity index (χ4n) is 1.16. The van der Waals surface area contributed by atoms with E-state index in [9.17, 15) is 14.4 Å². The van der Waals surface area contributed by atoms with Crippen molar-refractivity contribution in [1.82, 2.24) is 0 Å². The second-order valence-electron chi connectivity index (χ2n) is 3.31. The third kappa shape index (κ3) is 4.00. The lowest BCUT2D eigenvalue weighted by Crippen LogP contribution is -2.28. The standard InChI is InChI=1S/C12H11ClO4/c13-6-11(15)10(7-14)12(16)17-8-9-4-2-1-3-5-9/h1-5,7,10H,6,8H2. The molecule has 1 atom stereocenters. The number of alkyl halides is 1. The van der Waals surface area contributed by atoms with E-state index in [1.807, 2.05) is 6.07 Å². The minimum absolute atomic E-state index is 0.0274. The van der Waals surface area contributed by atoms with E-state index in [2.05, 4.69) is 0 Å². The molecule has 0 fully saturated rings. The molecule has 0 aromatic heterocycles. The van der Waals surface area contributed by atoms with Gasteiger partial charge in [0, 0.05) is 0 Å². The van der Waals surface area contributed by atoms with Crippen LogP contribution in [0.3, 0.4) is 0 Å². The molecular weight excluding hydrogens is 244 g/mol. The van der Waals surface area contributed by atoms with Gasteiger partial charge in [0.2, 0.25) is 0 Å². The third-order valence-electron chi connectivity index (χ3n) is 2.09. The van der Waals surface area contributed by atoms with Crippen LogP contribution in [0, 0.1) is 5.92 Å². The van der Waals surface area contributed by atoms with E-state index in [-0.39, 0.29) is 18.8 Å². The van der Waals surface area contributed by atoms with Crippen molar-refractivity contribution in [2.45, 2.75) is 6.61 Å². The Hall–Kier alpha value is -1.68. The fraction of sp³-hybridized carbons (Fsp3) is 0.250. The number of benzene rings is 1. The predicted molar refractivity (Wildman–Crippen MR) is 61.5 cm³/mol. The van der Waals surface area contributed by atoms with Crippen LogP contribution in [0.1, 0.15) is 5.56 Å². The van der Waals surface area contributed by atoms with Crippen LogP contribution in [-0.4, -0.2) is 23.9 Å². The highest BCUT2D eigenvalue weighted by atomic mass is 35.5. The molecule has 90 valence electrons. The van der Waals surface area contributed by atoms with Crippen LogP contribution in [0.5, 0.6) is 0 Å². The van der Waals surface area contributed by atoms with Crippen molar-refractivity contribution in [3.63, 3.8) is 0 Å². The number of hydrogen-bond acceptors (Lipinski definition) is 4. The maximum absolute atomic E-state index is 11.4. The molecule has 1 aromatic rings. The summed E-state index contributed by atoms with van der Waals surface area (Å²) in [6.07, 6.45) is 0.248. The number of halogens is 1. The zero-order chi connectivity index (χ0) is 12.7. The molecule has 0 saturated heterocycles. The molecule has 0 spiro atoms. The minimum Gasteiger partial charge on any atom is -0.460 e. The molecular formula is C12H11ClO4. The van der Waals surface area contributed by atoms with Gasteiger partial charge in [-0.15, -0.1) is 11.6 Å². The number of ketones is 1. The van der Waals surface area contributed by atoms with Crippen LogP contribution in [0.15, 0.2) is 30.3 Å². The van der Waals surface area contributed by atoms with Crippen LogP contribution in [0.25, 0.3) is 0 Å². The highest BCUT2D eigenvalue weighted by molar-refractivity contribution is 6.31. The second-order valence-corrected chi connectivity index (χ2v) is 3.57. The van der Waals surface area contributed by atoms with Crippen LogP contribution < -0.4 is 0 Å². The summed E-state index contributed by atoms with van der Waals surface area (Å²) in [7, 11) is 0. The zero-order valence-corrected chi connectivity index (χ0v) is 9.72. The molecule has 1 rings (SSSR count). The van der Waals surface area contributed by atoms with E-state index < -0.39 is 17.7 Å². The zero-order valence-electron chi connectivity index (χ0n) is 8.97. The molecule has 1 unspecified atom stereocenters. The lowest BCUT2D eigenvalue weighted by Gasteiger charge is -2.08. The van der Waals surface area contributed by atoms with Gasteiger partial charge in [-0.05, 0) is 5.56 Å². The number of ether oxygens (including phenoxy) is 1. The van der Waals surface area contributed by atoms with Crippen LogP contribution >= 0.6 is 11.6 Å². The number of rotatable bonds is 6. The average Bonchev–Trinajstić information content (AvgIpc) is 2.38. The van der Waals surface area contributed by atoms with E-state index in [0.717, 1.165) is 5.56 Å². The summed E-state index contributed by atoms with van der Waals surface area (Å²) >= 11 is 5.27. The minimum atomic E-state index is -1.42. The topological polar surface area (TPSA) is 60.4 Å². The van der Waals surface area contributed by atoms with Gasteiger partial charge in [0.05, 0.1) is 5.88 Å². The highest BCUT2D eigenvalue weighted by Crippen LogP contribution is 2.05. The maximum atomic E-state index is 11.4.